The molecule has 17 heavy (non-hydrogen) atoms. The molecule has 0 amide bonds. The van der Waals surface area contributed by atoms with E-state index in [1.165, 1.54) is 0 Å². The molecule has 1 atom stereocenters. The van der Waals surface area contributed by atoms with Gasteiger partial charge in [0.05, 0.1) is 13.7 Å². The lowest BCUT2D eigenvalue weighted by atomic mass is 9.92. The fourth-order valence-corrected chi connectivity index (χ4v) is 2.79. The summed E-state index contributed by atoms with van der Waals surface area (Å²) >= 11 is 2.23. The highest BCUT2D eigenvalue weighted by molar-refractivity contribution is 14.1. The molecule has 0 aliphatic carbocycles. The molecule has 2 rings (SSSR count). The van der Waals surface area contributed by atoms with Crippen LogP contribution in [0.15, 0.2) is 24.3 Å². The monoisotopic (exact) mass is 348 g/mol. The first-order valence-electron chi connectivity index (χ1n) is 5.26. The van der Waals surface area contributed by atoms with Crippen LogP contribution in [0.4, 0.5) is 4.79 Å². The Hall–Kier alpha value is -0.980. The van der Waals surface area contributed by atoms with Crippen molar-refractivity contribution in [1.82, 2.24) is 0 Å². The largest absolute Gasteiger partial charge is 0.509 e. The van der Waals surface area contributed by atoms with Gasteiger partial charge < -0.3 is 14.2 Å². The Labute approximate surface area is 113 Å². The molecule has 1 aliphatic rings. The first kappa shape index (κ1) is 12.5. The van der Waals surface area contributed by atoms with Gasteiger partial charge in [-0.2, -0.15) is 0 Å². The Bertz CT molecular complexity index is 403. The van der Waals surface area contributed by atoms with Gasteiger partial charge in [-0.25, -0.2) is 4.79 Å². The molecule has 1 aromatic rings. The van der Waals surface area contributed by atoms with Gasteiger partial charge in [0.1, 0.15) is 5.75 Å². The van der Waals surface area contributed by atoms with Gasteiger partial charge in [0.15, 0.2) is 5.60 Å². The second kappa shape index (κ2) is 5.12. The average molecular weight is 348 g/mol. The molecule has 0 unspecified atom stereocenters. The van der Waals surface area contributed by atoms with E-state index in [2.05, 4.69) is 22.6 Å². The van der Waals surface area contributed by atoms with Gasteiger partial charge in [-0.1, -0.05) is 34.7 Å². The summed E-state index contributed by atoms with van der Waals surface area (Å²) in [5.41, 5.74) is 0.409. The Balaban J connectivity index is 2.29. The molecule has 92 valence electrons. The molecule has 1 aliphatic heterocycles. The number of hydrogen-bond donors (Lipinski definition) is 0. The Morgan fingerprint density at radius 3 is 2.65 bits per heavy atom. The van der Waals surface area contributed by atoms with Crippen LogP contribution in [0, 0.1) is 0 Å². The molecule has 0 N–H and O–H groups in total. The molecule has 0 bridgehead atoms. The maximum Gasteiger partial charge on any atom is 0.509 e. The van der Waals surface area contributed by atoms with Crippen molar-refractivity contribution in [2.45, 2.75) is 12.0 Å². The van der Waals surface area contributed by atoms with Crippen LogP contribution in [0.25, 0.3) is 0 Å². The number of methoxy groups -OCH3 is 1. The van der Waals surface area contributed by atoms with E-state index in [9.17, 15) is 4.79 Å². The van der Waals surface area contributed by atoms with Gasteiger partial charge in [-0.3, -0.25) is 0 Å². The summed E-state index contributed by atoms with van der Waals surface area (Å²) in [6.07, 6.45) is 0.0808. The van der Waals surface area contributed by atoms with E-state index in [4.69, 9.17) is 14.2 Å². The Kier molecular flexibility index (Phi) is 3.76. The summed E-state index contributed by atoms with van der Waals surface area (Å²) in [4.78, 5) is 11.3. The standard InChI is InChI=1S/C12H13IO4/c1-15-10-4-2-9(3-5-10)12(8-13)6-7-16-11(14)17-12/h2-5H,6-8H2,1H3/t12-/m0/s1. The van der Waals surface area contributed by atoms with Gasteiger partial charge in [-0.05, 0) is 17.7 Å². The van der Waals surface area contributed by atoms with E-state index in [1.54, 1.807) is 7.11 Å². The molecular weight excluding hydrogens is 335 g/mol. The lowest BCUT2D eigenvalue weighted by Crippen LogP contribution is -2.40. The maximum atomic E-state index is 11.3. The van der Waals surface area contributed by atoms with Crippen LogP contribution in [0.5, 0.6) is 5.75 Å². The third kappa shape index (κ3) is 2.48. The first-order chi connectivity index (χ1) is 8.20. The number of alkyl halides is 1. The van der Waals surface area contributed by atoms with Crippen LogP contribution in [0.1, 0.15) is 12.0 Å². The number of cyclic esters (lactones) is 2. The third-order valence-corrected chi connectivity index (χ3v) is 4.07. The molecule has 0 spiro atoms. The highest BCUT2D eigenvalue weighted by atomic mass is 127. The SMILES string of the molecule is COc1ccc([C@@]2(CI)CCOC(=O)O2)cc1. The van der Waals surface area contributed by atoms with Crippen molar-refractivity contribution in [2.75, 3.05) is 18.1 Å². The lowest BCUT2D eigenvalue weighted by molar-refractivity contribution is -0.0750. The van der Waals surface area contributed by atoms with Gasteiger partial charge in [-0.15, -0.1) is 0 Å². The fourth-order valence-electron chi connectivity index (χ4n) is 1.81. The molecule has 0 aromatic heterocycles. The number of hydrogen-bond acceptors (Lipinski definition) is 4. The van der Waals surface area contributed by atoms with Crippen molar-refractivity contribution in [3.8, 4) is 5.75 Å². The predicted octanol–water partition coefficient (Wildman–Crippen LogP) is 2.88. The molecule has 0 saturated carbocycles. The molecule has 1 saturated heterocycles. The number of carbonyl (C=O) groups is 1. The molecule has 4 nitrogen and oxygen atoms in total. The van der Waals surface area contributed by atoms with Crippen LogP contribution in [0.3, 0.4) is 0 Å². The summed E-state index contributed by atoms with van der Waals surface area (Å²) in [5.74, 6) is 0.788. The van der Waals surface area contributed by atoms with E-state index in [0.29, 0.717) is 17.5 Å². The zero-order chi connectivity index (χ0) is 12.3. The topological polar surface area (TPSA) is 44.8 Å². The number of rotatable bonds is 3. The van der Waals surface area contributed by atoms with Crippen molar-refractivity contribution >= 4 is 28.7 Å². The van der Waals surface area contributed by atoms with Crippen LogP contribution in [-0.4, -0.2) is 24.3 Å². The van der Waals surface area contributed by atoms with Crippen molar-refractivity contribution < 1.29 is 19.0 Å². The summed E-state index contributed by atoms with van der Waals surface area (Å²) < 4.78 is 16.0. The van der Waals surface area contributed by atoms with Crippen molar-refractivity contribution in [3.63, 3.8) is 0 Å². The van der Waals surface area contributed by atoms with Crippen molar-refractivity contribution in [1.29, 1.82) is 0 Å². The van der Waals surface area contributed by atoms with Gasteiger partial charge in [0.25, 0.3) is 0 Å². The van der Waals surface area contributed by atoms with Crippen LogP contribution in [-0.2, 0) is 15.1 Å². The van der Waals surface area contributed by atoms with Crippen LogP contribution in [0.2, 0.25) is 0 Å². The first-order valence-corrected chi connectivity index (χ1v) is 6.79. The van der Waals surface area contributed by atoms with E-state index >= 15 is 0 Å². The molecule has 1 heterocycles. The second-order valence-corrected chi connectivity index (χ2v) is 4.57. The molecule has 1 fully saturated rings. The van der Waals surface area contributed by atoms with Gasteiger partial charge in [0, 0.05) is 10.8 Å². The smallest absolute Gasteiger partial charge is 0.497 e. The molecule has 0 radical (unpaired) electrons. The number of ether oxygens (including phenoxy) is 3. The van der Waals surface area contributed by atoms with Gasteiger partial charge >= 0.3 is 6.16 Å². The highest BCUT2D eigenvalue weighted by Gasteiger charge is 2.39. The number of halogens is 1. The minimum atomic E-state index is -0.594. The summed E-state index contributed by atoms with van der Waals surface area (Å²) in [6.45, 7) is 0.397. The van der Waals surface area contributed by atoms with Crippen LogP contribution >= 0.6 is 22.6 Å². The van der Waals surface area contributed by atoms with Gasteiger partial charge in [0.2, 0.25) is 0 Å². The number of carbonyl (C=O) groups excluding carboxylic acids is 1. The quantitative estimate of drug-likeness (QED) is 0.479. The van der Waals surface area contributed by atoms with Crippen molar-refractivity contribution in [3.05, 3.63) is 29.8 Å². The zero-order valence-corrected chi connectivity index (χ0v) is 11.6. The second-order valence-electron chi connectivity index (χ2n) is 3.81. The van der Waals surface area contributed by atoms with E-state index in [-0.39, 0.29) is 0 Å². The Morgan fingerprint density at radius 2 is 2.12 bits per heavy atom. The van der Waals surface area contributed by atoms with E-state index in [1.807, 2.05) is 24.3 Å². The lowest BCUT2D eigenvalue weighted by Gasteiger charge is -2.35. The summed E-state index contributed by atoms with van der Waals surface area (Å²) in [5, 5.41) is 0. The summed E-state index contributed by atoms with van der Waals surface area (Å²) in [6, 6.07) is 7.59. The number of benzene rings is 1. The highest BCUT2D eigenvalue weighted by Crippen LogP contribution is 2.35. The maximum absolute atomic E-state index is 11.3. The average Bonchev–Trinajstić information content (AvgIpc) is 2.38. The predicted molar refractivity (Wildman–Crippen MR) is 70.6 cm³/mol. The van der Waals surface area contributed by atoms with Crippen molar-refractivity contribution in [2.24, 2.45) is 0 Å². The molecular formula is C12H13IO4. The fraction of sp³-hybridized carbons (Fsp3) is 0.417. The molecule has 1 aromatic carbocycles. The summed E-state index contributed by atoms with van der Waals surface area (Å²) in [7, 11) is 1.62. The zero-order valence-electron chi connectivity index (χ0n) is 9.44. The minimum Gasteiger partial charge on any atom is -0.497 e. The van der Waals surface area contributed by atoms with E-state index < -0.39 is 11.8 Å². The Morgan fingerprint density at radius 1 is 1.41 bits per heavy atom. The van der Waals surface area contributed by atoms with E-state index in [0.717, 1.165) is 11.3 Å². The third-order valence-electron chi connectivity index (χ3n) is 2.84. The minimum absolute atomic E-state index is 0.397. The normalized spacial score (nSPS) is 23.8. The van der Waals surface area contributed by atoms with Crippen LogP contribution < -0.4 is 4.74 Å². The molecule has 5 heteroatoms.